The molecule has 0 saturated carbocycles. The lowest BCUT2D eigenvalue weighted by Gasteiger charge is -2.26. The monoisotopic (exact) mass is 475 g/mol. The van der Waals surface area contributed by atoms with Gasteiger partial charge in [0.25, 0.3) is 0 Å². The van der Waals surface area contributed by atoms with Gasteiger partial charge in [0.15, 0.2) is 0 Å². The molecule has 0 fully saturated rings. The molecule has 0 rings (SSSR count). The molecule has 10 N–H and O–H groups in total. The fourth-order valence-corrected chi connectivity index (χ4v) is 2.67. The number of hydrogen-bond acceptors (Lipinski definition) is 8. The molecule has 4 amide bonds. The first-order chi connectivity index (χ1) is 15.1. The molecule has 0 bridgehead atoms. The molecule has 0 radical (unpaired) electrons. The summed E-state index contributed by atoms with van der Waals surface area (Å²) in [5, 5.41) is 34.1. The third-order valence-corrected chi connectivity index (χ3v) is 4.46. The van der Waals surface area contributed by atoms with Crippen LogP contribution in [-0.4, -0.2) is 81.2 Å². The molecule has 0 aliphatic rings. The molecule has 33 heavy (non-hydrogen) atoms. The van der Waals surface area contributed by atoms with Crippen LogP contribution in [0.2, 0.25) is 0 Å². The number of nitrogens with two attached hydrogens (primary N) is 2. The third kappa shape index (κ3) is 11.8. The van der Waals surface area contributed by atoms with Gasteiger partial charge in [-0.1, -0.05) is 13.8 Å². The first-order valence-electron chi connectivity index (χ1n) is 10.2. The molecule has 0 aromatic rings. The molecule has 14 nitrogen and oxygen atoms in total. The molecule has 0 aliphatic carbocycles. The van der Waals surface area contributed by atoms with Crippen molar-refractivity contribution < 1.29 is 44.1 Å². The maximum absolute atomic E-state index is 12.8. The Balaban J connectivity index is 5.54. The summed E-state index contributed by atoms with van der Waals surface area (Å²) in [5.41, 5.74) is 10.7. The number of carboxylic acids is 2. The van der Waals surface area contributed by atoms with E-state index in [4.69, 9.17) is 16.6 Å². The number of aliphatic hydroxyl groups is 1. The highest BCUT2D eigenvalue weighted by atomic mass is 16.4. The van der Waals surface area contributed by atoms with E-state index in [1.807, 2.05) is 0 Å². The van der Waals surface area contributed by atoms with E-state index in [1.54, 1.807) is 13.8 Å². The summed E-state index contributed by atoms with van der Waals surface area (Å²) in [7, 11) is 0. The van der Waals surface area contributed by atoms with Gasteiger partial charge in [0.05, 0.1) is 12.5 Å². The van der Waals surface area contributed by atoms with Crippen LogP contribution in [0.25, 0.3) is 0 Å². The Kier molecular flexibility index (Phi) is 12.6. The summed E-state index contributed by atoms with van der Waals surface area (Å²) in [5.74, 6) is -6.62. The van der Waals surface area contributed by atoms with Crippen molar-refractivity contribution in [1.82, 2.24) is 16.0 Å². The number of carbonyl (C=O) groups is 6. The Hall–Kier alpha value is -3.26. The summed E-state index contributed by atoms with van der Waals surface area (Å²) >= 11 is 0. The number of nitrogens with one attached hydrogen (secondary N) is 3. The highest BCUT2D eigenvalue weighted by Crippen LogP contribution is 2.07. The summed E-state index contributed by atoms with van der Waals surface area (Å²) in [6, 6.07) is -5.68. The molecule has 5 atom stereocenters. The van der Waals surface area contributed by atoms with Gasteiger partial charge in [-0.15, -0.1) is 0 Å². The quantitative estimate of drug-likeness (QED) is 0.119. The van der Waals surface area contributed by atoms with E-state index < -0.39 is 85.1 Å². The Morgan fingerprint density at radius 2 is 1.30 bits per heavy atom. The van der Waals surface area contributed by atoms with Crippen LogP contribution >= 0.6 is 0 Å². The normalized spacial score (nSPS) is 15.5. The van der Waals surface area contributed by atoms with Crippen molar-refractivity contribution in [2.75, 3.05) is 0 Å². The average molecular weight is 475 g/mol. The van der Waals surface area contributed by atoms with Crippen molar-refractivity contribution >= 4 is 35.6 Å². The smallest absolute Gasteiger partial charge is 0.326 e. The maximum Gasteiger partial charge on any atom is 0.326 e. The zero-order valence-electron chi connectivity index (χ0n) is 18.7. The molecule has 14 heteroatoms. The Bertz CT molecular complexity index is 741. The van der Waals surface area contributed by atoms with Gasteiger partial charge in [0.2, 0.25) is 23.6 Å². The van der Waals surface area contributed by atoms with Crippen LogP contribution in [0.15, 0.2) is 0 Å². The summed E-state index contributed by atoms with van der Waals surface area (Å²) in [4.78, 5) is 70.9. The van der Waals surface area contributed by atoms with E-state index in [1.165, 1.54) is 6.92 Å². The van der Waals surface area contributed by atoms with Crippen molar-refractivity contribution in [2.24, 2.45) is 17.4 Å². The predicted molar refractivity (Wildman–Crippen MR) is 113 cm³/mol. The molecule has 0 heterocycles. The topological polar surface area (TPSA) is 251 Å². The minimum absolute atomic E-state index is 0.0975. The fourth-order valence-electron chi connectivity index (χ4n) is 2.67. The van der Waals surface area contributed by atoms with Crippen molar-refractivity contribution in [3.63, 3.8) is 0 Å². The predicted octanol–water partition coefficient (Wildman–Crippen LogP) is -2.98. The molecule has 0 aliphatic heterocycles. The first kappa shape index (κ1) is 29.7. The van der Waals surface area contributed by atoms with Gasteiger partial charge in [-0.3, -0.25) is 24.0 Å². The largest absolute Gasteiger partial charge is 0.481 e. The summed E-state index contributed by atoms with van der Waals surface area (Å²) < 4.78 is 0. The highest BCUT2D eigenvalue weighted by Gasteiger charge is 2.32. The van der Waals surface area contributed by atoms with Gasteiger partial charge in [0, 0.05) is 6.42 Å². The number of rotatable bonds is 15. The van der Waals surface area contributed by atoms with Gasteiger partial charge >= 0.3 is 11.9 Å². The lowest BCUT2D eigenvalue weighted by atomic mass is 10.0. The number of aliphatic hydroxyl groups excluding tert-OH is 1. The molecule has 5 unspecified atom stereocenters. The maximum atomic E-state index is 12.8. The first-order valence-corrected chi connectivity index (χ1v) is 10.2. The van der Waals surface area contributed by atoms with Gasteiger partial charge in [-0.2, -0.15) is 0 Å². The van der Waals surface area contributed by atoms with Crippen molar-refractivity contribution in [3.8, 4) is 0 Å². The van der Waals surface area contributed by atoms with Crippen molar-refractivity contribution in [2.45, 2.75) is 76.7 Å². The summed E-state index contributed by atoms with van der Waals surface area (Å²) in [6.45, 7) is 4.81. The van der Waals surface area contributed by atoms with Crippen LogP contribution in [0.5, 0.6) is 0 Å². The van der Waals surface area contributed by atoms with E-state index in [2.05, 4.69) is 16.0 Å². The lowest BCUT2D eigenvalue weighted by molar-refractivity contribution is -0.143. The Labute approximate surface area is 190 Å². The van der Waals surface area contributed by atoms with E-state index >= 15 is 0 Å². The number of hydrogen-bond donors (Lipinski definition) is 8. The second-order valence-corrected chi connectivity index (χ2v) is 8.02. The van der Waals surface area contributed by atoms with E-state index in [9.17, 15) is 39.0 Å². The van der Waals surface area contributed by atoms with Crippen molar-refractivity contribution in [1.29, 1.82) is 0 Å². The minimum Gasteiger partial charge on any atom is -0.481 e. The number of amides is 4. The zero-order chi connectivity index (χ0) is 25.9. The van der Waals surface area contributed by atoms with Crippen LogP contribution in [0.3, 0.4) is 0 Å². The number of carboxylic acid groups (broad SMARTS) is 2. The minimum atomic E-state index is -1.59. The molecule has 0 aromatic heterocycles. The van der Waals surface area contributed by atoms with E-state index in [-0.39, 0.29) is 12.3 Å². The van der Waals surface area contributed by atoms with Gasteiger partial charge in [-0.05, 0) is 25.7 Å². The molecular formula is C19H33N5O9. The van der Waals surface area contributed by atoms with Crippen molar-refractivity contribution in [3.05, 3.63) is 0 Å². The second-order valence-electron chi connectivity index (χ2n) is 8.02. The average Bonchev–Trinajstić information content (AvgIpc) is 2.67. The number of primary amides is 1. The SMILES string of the molecule is CC(C)CC(NC(=O)C(N)C(C)O)C(=O)NC(CC(N)=O)C(=O)NC(CCC(=O)O)C(=O)O. The fraction of sp³-hybridized carbons (Fsp3) is 0.684. The second kappa shape index (κ2) is 14.0. The molecule has 188 valence electrons. The molecular weight excluding hydrogens is 442 g/mol. The Morgan fingerprint density at radius 1 is 0.818 bits per heavy atom. The summed E-state index contributed by atoms with van der Waals surface area (Å²) in [6.07, 6.45) is -2.74. The molecule has 0 saturated heterocycles. The van der Waals surface area contributed by atoms with E-state index in [0.29, 0.717) is 0 Å². The van der Waals surface area contributed by atoms with E-state index in [0.717, 1.165) is 0 Å². The van der Waals surface area contributed by atoms with Gasteiger partial charge in [0.1, 0.15) is 24.2 Å². The molecule has 0 aromatic carbocycles. The van der Waals surface area contributed by atoms with Crippen LogP contribution in [0.4, 0.5) is 0 Å². The van der Waals surface area contributed by atoms with Crippen LogP contribution < -0.4 is 27.4 Å². The Morgan fingerprint density at radius 3 is 1.73 bits per heavy atom. The van der Waals surface area contributed by atoms with Crippen LogP contribution in [0.1, 0.15) is 46.5 Å². The number of carbonyl (C=O) groups excluding carboxylic acids is 4. The van der Waals surface area contributed by atoms with Crippen LogP contribution in [0, 0.1) is 5.92 Å². The zero-order valence-corrected chi connectivity index (χ0v) is 18.7. The van der Waals surface area contributed by atoms with Gasteiger partial charge < -0.3 is 42.7 Å². The number of aliphatic carboxylic acids is 2. The third-order valence-electron chi connectivity index (χ3n) is 4.46. The molecule has 0 spiro atoms. The lowest BCUT2D eigenvalue weighted by Crippen LogP contribution is -2.58. The van der Waals surface area contributed by atoms with Gasteiger partial charge in [-0.25, -0.2) is 4.79 Å². The van der Waals surface area contributed by atoms with Crippen LogP contribution in [-0.2, 0) is 28.8 Å². The standard InChI is InChI=1S/C19H33N5O9/c1-8(2)6-11(24-18(31)15(21)9(3)25)16(29)23-12(7-13(20)26)17(30)22-10(19(32)33)4-5-14(27)28/h8-12,15,25H,4-7,21H2,1-3H3,(H2,20,26)(H,22,30)(H,23,29)(H,24,31)(H,27,28)(H,32,33). The highest BCUT2D eigenvalue weighted by molar-refractivity contribution is 5.96.